The van der Waals surface area contributed by atoms with Gasteiger partial charge in [0.15, 0.2) is 0 Å². The van der Waals surface area contributed by atoms with E-state index in [-0.39, 0.29) is 0 Å². The third-order valence-electron chi connectivity index (χ3n) is 4.17. The highest BCUT2D eigenvalue weighted by Crippen LogP contribution is 2.21. The zero-order chi connectivity index (χ0) is 13.1. The topological polar surface area (TPSA) is 18.5 Å². The van der Waals surface area contributed by atoms with Crippen LogP contribution >= 0.6 is 0 Å². The van der Waals surface area contributed by atoms with E-state index in [0.29, 0.717) is 11.5 Å². The highest BCUT2D eigenvalue weighted by Gasteiger charge is 2.28. The first kappa shape index (κ1) is 14.9. The fourth-order valence-corrected chi connectivity index (χ4v) is 2.67. The van der Waals surface area contributed by atoms with Gasteiger partial charge in [0.25, 0.3) is 0 Å². The van der Waals surface area contributed by atoms with Gasteiger partial charge in [0.05, 0.1) is 0 Å². The first-order valence-corrected chi connectivity index (χ1v) is 6.98. The van der Waals surface area contributed by atoms with Gasteiger partial charge in [-0.1, -0.05) is 27.7 Å². The molecule has 0 spiro atoms. The Bertz CT molecular complexity index is 222. The summed E-state index contributed by atoms with van der Waals surface area (Å²) in [7, 11) is 4.34. The zero-order valence-corrected chi connectivity index (χ0v) is 12.6. The SMILES string of the molecule is CCC1CN(CC(NC)C(C)(C)C)CCN1C. The molecule has 3 heteroatoms. The summed E-state index contributed by atoms with van der Waals surface area (Å²) in [5, 5.41) is 3.48. The second-order valence-electron chi connectivity index (χ2n) is 6.51. The van der Waals surface area contributed by atoms with Crippen molar-refractivity contribution < 1.29 is 0 Å². The van der Waals surface area contributed by atoms with Crippen molar-refractivity contribution in [3.05, 3.63) is 0 Å². The Morgan fingerprint density at radius 1 is 1.29 bits per heavy atom. The van der Waals surface area contributed by atoms with Gasteiger partial charge < -0.3 is 10.2 Å². The lowest BCUT2D eigenvalue weighted by Gasteiger charge is -2.42. The summed E-state index contributed by atoms with van der Waals surface area (Å²) in [4.78, 5) is 5.13. The number of likely N-dealkylation sites (N-methyl/N-ethyl adjacent to an activating group) is 2. The van der Waals surface area contributed by atoms with Crippen LogP contribution in [0.1, 0.15) is 34.1 Å². The van der Waals surface area contributed by atoms with Gasteiger partial charge in [0.2, 0.25) is 0 Å². The van der Waals surface area contributed by atoms with Crippen LogP contribution in [0.2, 0.25) is 0 Å². The Hall–Kier alpha value is -0.120. The summed E-state index contributed by atoms with van der Waals surface area (Å²) in [5.74, 6) is 0. The molecule has 3 nitrogen and oxygen atoms in total. The van der Waals surface area contributed by atoms with Crippen LogP contribution in [0.4, 0.5) is 0 Å². The molecule has 0 aromatic rings. The molecule has 1 heterocycles. The monoisotopic (exact) mass is 241 g/mol. The largest absolute Gasteiger partial charge is 0.315 e. The first-order valence-electron chi connectivity index (χ1n) is 6.98. The highest BCUT2D eigenvalue weighted by molar-refractivity contribution is 4.86. The molecule has 1 saturated heterocycles. The quantitative estimate of drug-likeness (QED) is 0.807. The Morgan fingerprint density at radius 2 is 1.94 bits per heavy atom. The second kappa shape index (κ2) is 6.17. The molecule has 1 aliphatic heterocycles. The van der Waals surface area contributed by atoms with Crippen LogP contribution in [-0.4, -0.2) is 62.2 Å². The predicted octanol–water partition coefficient (Wildman–Crippen LogP) is 1.65. The lowest BCUT2D eigenvalue weighted by molar-refractivity contribution is 0.0733. The average molecular weight is 241 g/mol. The van der Waals surface area contributed by atoms with Gasteiger partial charge >= 0.3 is 0 Å². The summed E-state index contributed by atoms with van der Waals surface area (Å²) >= 11 is 0. The van der Waals surface area contributed by atoms with Gasteiger partial charge in [-0.05, 0) is 25.9 Å². The van der Waals surface area contributed by atoms with Gasteiger partial charge in [-0.3, -0.25) is 4.90 Å². The minimum absolute atomic E-state index is 0.333. The van der Waals surface area contributed by atoms with Crippen LogP contribution in [0.5, 0.6) is 0 Å². The van der Waals surface area contributed by atoms with Crippen molar-refractivity contribution in [2.45, 2.75) is 46.2 Å². The number of rotatable bonds is 4. The van der Waals surface area contributed by atoms with Crippen LogP contribution in [0, 0.1) is 5.41 Å². The number of hydrogen-bond acceptors (Lipinski definition) is 3. The number of piperazine rings is 1. The molecule has 17 heavy (non-hydrogen) atoms. The van der Waals surface area contributed by atoms with Crippen LogP contribution in [0.3, 0.4) is 0 Å². The molecule has 0 bridgehead atoms. The molecular weight excluding hydrogens is 210 g/mol. The van der Waals surface area contributed by atoms with Gasteiger partial charge in [0.1, 0.15) is 0 Å². The molecule has 1 N–H and O–H groups in total. The maximum Gasteiger partial charge on any atom is 0.0240 e. The van der Waals surface area contributed by atoms with Crippen molar-refractivity contribution in [1.29, 1.82) is 0 Å². The third kappa shape index (κ3) is 4.23. The van der Waals surface area contributed by atoms with Gasteiger partial charge in [-0.25, -0.2) is 0 Å². The van der Waals surface area contributed by atoms with Gasteiger partial charge in [-0.15, -0.1) is 0 Å². The highest BCUT2D eigenvalue weighted by atomic mass is 15.3. The molecule has 2 unspecified atom stereocenters. The fourth-order valence-electron chi connectivity index (χ4n) is 2.67. The summed E-state index contributed by atoms with van der Waals surface area (Å²) in [6.07, 6.45) is 1.26. The van der Waals surface area contributed by atoms with Crippen molar-refractivity contribution in [2.24, 2.45) is 5.41 Å². The molecule has 0 radical (unpaired) electrons. The minimum atomic E-state index is 0.333. The molecule has 2 atom stereocenters. The standard InChI is InChI=1S/C14H31N3/c1-7-12-10-17(9-8-16(12)6)11-13(15-5)14(2,3)4/h12-13,15H,7-11H2,1-6H3. The smallest absolute Gasteiger partial charge is 0.0240 e. The van der Waals surface area contributed by atoms with E-state index in [0.717, 1.165) is 6.04 Å². The molecule has 1 aliphatic rings. The van der Waals surface area contributed by atoms with Crippen molar-refractivity contribution in [3.8, 4) is 0 Å². The Kier molecular flexibility index (Phi) is 5.42. The normalized spacial score (nSPS) is 26.1. The van der Waals surface area contributed by atoms with E-state index < -0.39 is 0 Å². The summed E-state index contributed by atoms with van der Waals surface area (Å²) in [5.41, 5.74) is 0.333. The van der Waals surface area contributed by atoms with E-state index in [1.165, 1.54) is 32.6 Å². The molecule has 0 aromatic carbocycles. The average Bonchev–Trinajstić information content (AvgIpc) is 2.26. The van der Waals surface area contributed by atoms with E-state index in [4.69, 9.17) is 0 Å². The van der Waals surface area contributed by atoms with Crippen LogP contribution < -0.4 is 5.32 Å². The molecule has 0 aromatic heterocycles. The third-order valence-corrected chi connectivity index (χ3v) is 4.17. The molecule has 102 valence electrons. The van der Waals surface area contributed by atoms with Crippen LogP contribution in [0.15, 0.2) is 0 Å². The van der Waals surface area contributed by atoms with Crippen molar-refractivity contribution in [2.75, 3.05) is 40.3 Å². The number of nitrogens with zero attached hydrogens (tertiary/aromatic N) is 2. The molecule has 1 rings (SSSR count). The summed E-state index contributed by atoms with van der Waals surface area (Å²) < 4.78 is 0. The molecule has 0 aliphatic carbocycles. The molecule has 1 fully saturated rings. The Labute approximate surface area is 108 Å². The van der Waals surface area contributed by atoms with E-state index in [9.17, 15) is 0 Å². The van der Waals surface area contributed by atoms with Crippen LogP contribution in [0.25, 0.3) is 0 Å². The predicted molar refractivity (Wildman–Crippen MR) is 75.5 cm³/mol. The van der Waals surface area contributed by atoms with E-state index >= 15 is 0 Å². The minimum Gasteiger partial charge on any atom is -0.315 e. The van der Waals surface area contributed by atoms with Gasteiger partial charge in [-0.2, -0.15) is 0 Å². The molecule has 0 amide bonds. The Balaban J connectivity index is 2.51. The molecular formula is C14H31N3. The molecule has 0 saturated carbocycles. The lowest BCUT2D eigenvalue weighted by Crippen LogP contribution is -2.55. The number of nitrogens with one attached hydrogen (secondary N) is 1. The lowest BCUT2D eigenvalue weighted by atomic mass is 9.86. The van der Waals surface area contributed by atoms with E-state index in [1.54, 1.807) is 0 Å². The maximum atomic E-state index is 3.48. The van der Waals surface area contributed by atoms with E-state index in [1.807, 2.05) is 0 Å². The maximum absolute atomic E-state index is 3.48. The summed E-state index contributed by atoms with van der Waals surface area (Å²) in [6.45, 7) is 14.1. The number of hydrogen-bond donors (Lipinski definition) is 1. The van der Waals surface area contributed by atoms with Gasteiger partial charge in [0, 0.05) is 38.3 Å². The van der Waals surface area contributed by atoms with Crippen LogP contribution in [-0.2, 0) is 0 Å². The van der Waals surface area contributed by atoms with Crippen molar-refractivity contribution in [1.82, 2.24) is 15.1 Å². The van der Waals surface area contributed by atoms with E-state index in [2.05, 4.69) is 56.9 Å². The summed E-state index contributed by atoms with van der Waals surface area (Å²) in [6, 6.07) is 1.31. The van der Waals surface area contributed by atoms with Crippen molar-refractivity contribution >= 4 is 0 Å². The fraction of sp³-hybridized carbons (Fsp3) is 1.00. The zero-order valence-electron chi connectivity index (χ0n) is 12.6. The van der Waals surface area contributed by atoms with Crippen molar-refractivity contribution in [3.63, 3.8) is 0 Å². The first-order chi connectivity index (χ1) is 7.88. The second-order valence-corrected chi connectivity index (χ2v) is 6.51. The Morgan fingerprint density at radius 3 is 2.41 bits per heavy atom.